The minimum Gasteiger partial charge on any atom is -0.497 e. The summed E-state index contributed by atoms with van der Waals surface area (Å²) in [6.07, 6.45) is 5.50. The second-order valence-electron chi connectivity index (χ2n) is 3.47. The summed E-state index contributed by atoms with van der Waals surface area (Å²) in [6, 6.07) is 4.34. The zero-order valence-corrected chi connectivity index (χ0v) is 9.90. The largest absolute Gasteiger partial charge is 0.497 e. The minimum absolute atomic E-state index is 0.00450. The molecule has 0 aliphatic heterocycles. The fraction of sp³-hybridized carbons (Fsp3) is 0.231. The predicted molar refractivity (Wildman–Crippen MR) is 66.7 cm³/mol. The van der Waals surface area contributed by atoms with Gasteiger partial charge in [-0.05, 0) is 12.1 Å². The van der Waals surface area contributed by atoms with E-state index < -0.39 is 5.97 Å². The number of amides is 1. The number of nitrogens with one attached hydrogen (secondary N) is 1. The van der Waals surface area contributed by atoms with E-state index in [1.165, 1.54) is 25.3 Å². The van der Waals surface area contributed by atoms with Gasteiger partial charge in [-0.15, -0.1) is 12.3 Å². The molecular formula is C13H13NO4. The van der Waals surface area contributed by atoms with E-state index in [9.17, 15) is 9.59 Å². The van der Waals surface area contributed by atoms with Gasteiger partial charge in [0.05, 0.1) is 18.4 Å². The lowest BCUT2D eigenvalue weighted by Gasteiger charge is -2.09. The predicted octanol–water partition coefficient (Wildman–Crippen LogP) is 1.75. The first-order chi connectivity index (χ1) is 8.58. The number of carbonyl (C=O) groups excluding carboxylic acids is 1. The van der Waals surface area contributed by atoms with Gasteiger partial charge >= 0.3 is 5.97 Å². The molecule has 0 radical (unpaired) electrons. The van der Waals surface area contributed by atoms with E-state index in [0.717, 1.165) is 0 Å². The summed E-state index contributed by atoms with van der Waals surface area (Å²) in [4.78, 5) is 22.5. The van der Waals surface area contributed by atoms with E-state index in [2.05, 4.69) is 11.2 Å². The quantitative estimate of drug-likeness (QED) is 0.777. The summed E-state index contributed by atoms with van der Waals surface area (Å²) >= 11 is 0. The maximum absolute atomic E-state index is 11.5. The lowest BCUT2D eigenvalue weighted by Crippen LogP contribution is -2.14. The van der Waals surface area contributed by atoms with E-state index in [-0.39, 0.29) is 23.6 Å². The highest BCUT2D eigenvalue weighted by atomic mass is 16.5. The van der Waals surface area contributed by atoms with Crippen molar-refractivity contribution in [2.24, 2.45) is 0 Å². The molecule has 94 valence electrons. The van der Waals surface area contributed by atoms with Crippen molar-refractivity contribution in [1.29, 1.82) is 0 Å². The first-order valence-corrected chi connectivity index (χ1v) is 5.23. The first-order valence-electron chi connectivity index (χ1n) is 5.23. The maximum atomic E-state index is 11.5. The van der Waals surface area contributed by atoms with Crippen LogP contribution < -0.4 is 10.1 Å². The Labute approximate surface area is 105 Å². The van der Waals surface area contributed by atoms with Crippen molar-refractivity contribution in [2.75, 3.05) is 12.4 Å². The van der Waals surface area contributed by atoms with E-state index in [0.29, 0.717) is 12.2 Å². The van der Waals surface area contributed by atoms with Crippen molar-refractivity contribution in [3.05, 3.63) is 23.8 Å². The summed E-state index contributed by atoms with van der Waals surface area (Å²) in [5.74, 6) is 1.36. The molecule has 0 heterocycles. The number of carboxylic acids is 1. The van der Waals surface area contributed by atoms with Crippen molar-refractivity contribution in [3.63, 3.8) is 0 Å². The smallest absolute Gasteiger partial charge is 0.337 e. The normalized spacial score (nSPS) is 9.33. The van der Waals surface area contributed by atoms with Gasteiger partial charge < -0.3 is 15.2 Å². The molecule has 1 amide bonds. The van der Waals surface area contributed by atoms with Gasteiger partial charge in [0.2, 0.25) is 5.91 Å². The summed E-state index contributed by atoms with van der Waals surface area (Å²) in [5, 5.41) is 11.5. The molecule has 0 spiro atoms. The number of hydrogen-bond donors (Lipinski definition) is 2. The number of benzene rings is 1. The SMILES string of the molecule is C#CCCC(=O)Nc1cc(OC)ccc1C(=O)O. The molecular weight excluding hydrogens is 234 g/mol. The maximum Gasteiger partial charge on any atom is 0.337 e. The van der Waals surface area contributed by atoms with Crippen LogP contribution in [0.5, 0.6) is 5.75 Å². The molecule has 0 fully saturated rings. The molecule has 1 aromatic carbocycles. The fourth-order valence-electron chi connectivity index (χ4n) is 1.34. The zero-order valence-electron chi connectivity index (χ0n) is 9.90. The number of terminal acetylenes is 1. The van der Waals surface area contributed by atoms with E-state index in [1.807, 2.05) is 0 Å². The van der Waals surface area contributed by atoms with Crippen LogP contribution in [-0.4, -0.2) is 24.1 Å². The van der Waals surface area contributed by atoms with Gasteiger partial charge in [0, 0.05) is 18.9 Å². The van der Waals surface area contributed by atoms with Crippen LogP contribution in [0.25, 0.3) is 0 Å². The Bertz CT molecular complexity index is 502. The fourth-order valence-corrected chi connectivity index (χ4v) is 1.34. The van der Waals surface area contributed by atoms with Crippen LogP contribution in [-0.2, 0) is 4.79 Å². The summed E-state index contributed by atoms with van der Waals surface area (Å²) < 4.78 is 4.98. The third-order valence-corrected chi connectivity index (χ3v) is 2.23. The van der Waals surface area contributed by atoms with E-state index in [1.54, 1.807) is 0 Å². The first kappa shape index (κ1) is 13.6. The number of aromatic carboxylic acids is 1. The number of carboxylic acid groups (broad SMARTS) is 1. The van der Waals surface area contributed by atoms with Crippen LogP contribution in [0.15, 0.2) is 18.2 Å². The molecule has 0 aromatic heterocycles. The number of hydrogen-bond acceptors (Lipinski definition) is 3. The lowest BCUT2D eigenvalue weighted by molar-refractivity contribution is -0.116. The Morgan fingerprint density at radius 1 is 1.50 bits per heavy atom. The zero-order chi connectivity index (χ0) is 13.5. The standard InChI is InChI=1S/C13H13NO4/c1-3-4-5-12(15)14-11-8-9(18-2)6-7-10(11)13(16)17/h1,6-8H,4-5H2,2H3,(H,14,15)(H,16,17). The average Bonchev–Trinajstić information content (AvgIpc) is 2.35. The lowest BCUT2D eigenvalue weighted by atomic mass is 10.1. The molecule has 0 saturated carbocycles. The summed E-state index contributed by atoms with van der Waals surface area (Å²) in [6.45, 7) is 0. The van der Waals surface area contributed by atoms with Gasteiger partial charge in [0.15, 0.2) is 0 Å². The Morgan fingerprint density at radius 2 is 2.22 bits per heavy atom. The molecule has 0 unspecified atom stereocenters. The molecule has 5 nitrogen and oxygen atoms in total. The van der Waals surface area contributed by atoms with Crippen molar-refractivity contribution in [3.8, 4) is 18.1 Å². The number of carbonyl (C=O) groups is 2. The van der Waals surface area contributed by atoms with Crippen LogP contribution >= 0.6 is 0 Å². The summed E-state index contributed by atoms with van der Waals surface area (Å²) in [5.41, 5.74) is 0.203. The topological polar surface area (TPSA) is 75.6 Å². The molecule has 0 aliphatic carbocycles. The second kappa shape index (κ2) is 6.30. The Hall–Kier alpha value is -2.48. The number of methoxy groups -OCH3 is 1. The number of anilines is 1. The Balaban J connectivity index is 2.94. The van der Waals surface area contributed by atoms with Gasteiger partial charge in [-0.1, -0.05) is 0 Å². The molecule has 0 atom stereocenters. The molecule has 1 rings (SSSR count). The highest BCUT2D eigenvalue weighted by Gasteiger charge is 2.13. The second-order valence-corrected chi connectivity index (χ2v) is 3.47. The molecule has 5 heteroatoms. The van der Waals surface area contributed by atoms with Crippen LogP contribution in [0, 0.1) is 12.3 Å². The monoisotopic (exact) mass is 247 g/mol. The van der Waals surface area contributed by atoms with Crippen molar-refractivity contribution < 1.29 is 19.4 Å². The highest BCUT2D eigenvalue weighted by molar-refractivity contribution is 6.00. The van der Waals surface area contributed by atoms with Gasteiger partial charge in [-0.25, -0.2) is 4.79 Å². The van der Waals surface area contributed by atoms with Crippen LogP contribution in [0.3, 0.4) is 0 Å². The van der Waals surface area contributed by atoms with Crippen molar-refractivity contribution in [1.82, 2.24) is 0 Å². The third kappa shape index (κ3) is 3.52. The Kier molecular flexibility index (Phi) is 4.76. The molecule has 18 heavy (non-hydrogen) atoms. The minimum atomic E-state index is -1.12. The average molecular weight is 247 g/mol. The number of ether oxygens (including phenoxy) is 1. The van der Waals surface area contributed by atoms with Crippen molar-refractivity contribution in [2.45, 2.75) is 12.8 Å². The summed E-state index contributed by atoms with van der Waals surface area (Å²) in [7, 11) is 1.46. The molecule has 2 N–H and O–H groups in total. The van der Waals surface area contributed by atoms with Crippen LogP contribution in [0.1, 0.15) is 23.2 Å². The molecule has 0 saturated heterocycles. The van der Waals surface area contributed by atoms with E-state index in [4.69, 9.17) is 16.3 Å². The van der Waals surface area contributed by atoms with Gasteiger partial charge in [-0.3, -0.25) is 4.79 Å². The van der Waals surface area contributed by atoms with E-state index >= 15 is 0 Å². The van der Waals surface area contributed by atoms with Gasteiger partial charge in [-0.2, -0.15) is 0 Å². The van der Waals surface area contributed by atoms with Crippen LogP contribution in [0.2, 0.25) is 0 Å². The molecule has 0 bridgehead atoms. The highest BCUT2D eigenvalue weighted by Crippen LogP contribution is 2.22. The third-order valence-electron chi connectivity index (χ3n) is 2.23. The molecule has 1 aromatic rings. The Morgan fingerprint density at radius 3 is 2.78 bits per heavy atom. The van der Waals surface area contributed by atoms with Gasteiger partial charge in [0.25, 0.3) is 0 Å². The number of rotatable bonds is 5. The van der Waals surface area contributed by atoms with Crippen molar-refractivity contribution >= 4 is 17.6 Å². The molecule has 0 aliphatic rings. The van der Waals surface area contributed by atoms with Gasteiger partial charge in [0.1, 0.15) is 5.75 Å². The van der Waals surface area contributed by atoms with Crippen LogP contribution in [0.4, 0.5) is 5.69 Å².